The Balaban J connectivity index is 1.57. The van der Waals surface area contributed by atoms with Gasteiger partial charge in [0.25, 0.3) is 12.3 Å². The number of halogens is 2. The normalized spacial score (nSPS) is 19.5. The van der Waals surface area contributed by atoms with Crippen LogP contribution >= 0.6 is 0 Å². The molecule has 3 heterocycles. The van der Waals surface area contributed by atoms with Gasteiger partial charge in [-0.25, -0.2) is 8.78 Å². The van der Waals surface area contributed by atoms with Crippen LogP contribution < -0.4 is 5.32 Å². The maximum atomic E-state index is 13.6. The van der Waals surface area contributed by atoms with Crippen LogP contribution in [-0.4, -0.2) is 25.7 Å². The van der Waals surface area contributed by atoms with Crippen LogP contribution in [-0.2, 0) is 0 Å². The number of rotatable bonds is 5. The molecule has 1 aliphatic carbocycles. The third kappa shape index (κ3) is 4.04. The zero-order valence-corrected chi connectivity index (χ0v) is 17.1. The van der Waals surface area contributed by atoms with Gasteiger partial charge in [0.05, 0.1) is 22.8 Å². The van der Waals surface area contributed by atoms with Crippen molar-refractivity contribution >= 4 is 22.6 Å². The number of alkyl halides is 2. The van der Waals surface area contributed by atoms with Gasteiger partial charge in [-0.15, -0.1) is 0 Å². The van der Waals surface area contributed by atoms with Crippen molar-refractivity contribution in [1.82, 2.24) is 19.7 Å². The minimum Gasteiger partial charge on any atom is -0.319 e. The quantitative estimate of drug-likeness (QED) is 0.608. The largest absolute Gasteiger partial charge is 0.319 e. The molecular formula is C22H25F2N5O. The van der Waals surface area contributed by atoms with Crippen molar-refractivity contribution in [2.24, 2.45) is 11.8 Å². The molecule has 0 bridgehead atoms. The van der Waals surface area contributed by atoms with Crippen LogP contribution in [0.25, 0.3) is 11.0 Å². The van der Waals surface area contributed by atoms with Crippen LogP contribution in [0.4, 0.5) is 14.5 Å². The smallest absolute Gasteiger partial charge is 0.284 e. The van der Waals surface area contributed by atoms with Crippen molar-refractivity contribution in [3.05, 3.63) is 48.0 Å². The summed E-state index contributed by atoms with van der Waals surface area (Å²) in [6.07, 6.45) is 5.75. The second kappa shape index (κ2) is 8.45. The Bertz CT molecular complexity index is 1040. The summed E-state index contributed by atoms with van der Waals surface area (Å²) in [5, 5.41) is 6.75. The van der Waals surface area contributed by atoms with Gasteiger partial charge in [0, 0.05) is 18.6 Å². The molecule has 1 N–H and O–H groups in total. The topological polar surface area (TPSA) is 72.7 Å². The lowest BCUT2D eigenvalue weighted by molar-refractivity contribution is 0.102. The summed E-state index contributed by atoms with van der Waals surface area (Å²) in [6.45, 7) is 4.44. The van der Waals surface area contributed by atoms with Crippen LogP contribution in [0.15, 0.2) is 36.8 Å². The molecule has 3 aromatic rings. The van der Waals surface area contributed by atoms with Gasteiger partial charge in [-0.3, -0.25) is 19.4 Å². The van der Waals surface area contributed by atoms with Gasteiger partial charge < -0.3 is 5.32 Å². The number of carbonyl (C=O) groups excluding carboxylic acids is 1. The predicted octanol–water partition coefficient (Wildman–Crippen LogP) is 5.40. The van der Waals surface area contributed by atoms with E-state index in [0.717, 1.165) is 25.7 Å². The van der Waals surface area contributed by atoms with E-state index in [1.54, 1.807) is 23.0 Å². The van der Waals surface area contributed by atoms with Crippen molar-refractivity contribution in [3.8, 4) is 0 Å². The Morgan fingerprint density at radius 1 is 1.13 bits per heavy atom. The van der Waals surface area contributed by atoms with Crippen molar-refractivity contribution in [1.29, 1.82) is 0 Å². The summed E-state index contributed by atoms with van der Waals surface area (Å²) < 4.78 is 28.9. The number of amides is 1. The van der Waals surface area contributed by atoms with Gasteiger partial charge in [0.2, 0.25) is 0 Å². The molecule has 8 heteroatoms. The van der Waals surface area contributed by atoms with Crippen LogP contribution in [0.5, 0.6) is 0 Å². The highest BCUT2D eigenvalue weighted by Gasteiger charge is 2.28. The molecule has 6 nitrogen and oxygen atoms in total. The number of hydrogen-bond acceptors (Lipinski definition) is 4. The number of carbonyl (C=O) groups is 1. The first-order valence-corrected chi connectivity index (χ1v) is 10.3. The zero-order valence-electron chi connectivity index (χ0n) is 17.1. The molecule has 1 fully saturated rings. The SMILES string of the molecule is CC(C)C1CCC(n2cc(NC(=O)c3ccnc4cccnc34)c(C(F)F)n2)CC1. The number of fused-ring (bicyclic) bond motifs is 1. The molecule has 0 aliphatic heterocycles. The average Bonchev–Trinajstić information content (AvgIpc) is 3.17. The zero-order chi connectivity index (χ0) is 21.3. The Morgan fingerprint density at radius 3 is 2.60 bits per heavy atom. The van der Waals surface area contributed by atoms with Crippen LogP contribution in [0.3, 0.4) is 0 Å². The van der Waals surface area contributed by atoms with E-state index in [1.165, 1.54) is 18.5 Å². The summed E-state index contributed by atoms with van der Waals surface area (Å²) in [7, 11) is 0. The Labute approximate surface area is 173 Å². The Hall–Kier alpha value is -2.90. The Kier molecular flexibility index (Phi) is 5.74. The minimum absolute atomic E-state index is 0.0434. The number of aromatic nitrogens is 4. The molecule has 1 saturated carbocycles. The van der Waals surface area contributed by atoms with Crippen LogP contribution in [0.2, 0.25) is 0 Å². The summed E-state index contributed by atoms with van der Waals surface area (Å²) in [5.41, 5.74) is 0.917. The molecule has 0 unspecified atom stereocenters. The number of pyridine rings is 2. The number of hydrogen-bond donors (Lipinski definition) is 1. The van der Waals surface area contributed by atoms with Crippen LogP contribution in [0, 0.1) is 11.8 Å². The predicted molar refractivity (Wildman–Crippen MR) is 111 cm³/mol. The van der Waals surface area contributed by atoms with Crippen molar-refractivity contribution in [3.63, 3.8) is 0 Å². The highest BCUT2D eigenvalue weighted by molar-refractivity contribution is 6.11. The minimum atomic E-state index is -2.78. The van der Waals surface area contributed by atoms with Crippen LogP contribution in [0.1, 0.15) is 68.0 Å². The molecule has 3 aromatic heterocycles. The molecule has 0 saturated heterocycles. The molecule has 0 aromatic carbocycles. The van der Waals surface area contributed by atoms with E-state index < -0.39 is 18.0 Å². The monoisotopic (exact) mass is 413 g/mol. The lowest BCUT2D eigenvalue weighted by atomic mass is 9.80. The van der Waals surface area contributed by atoms with E-state index in [4.69, 9.17) is 0 Å². The van der Waals surface area contributed by atoms with Gasteiger partial charge >= 0.3 is 0 Å². The molecule has 158 valence electrons. The van der Waals surface area contributed by atoms with Crippen molar-refractivity contribution in [2.75, 3.05) is 5.32 Å². The summed E-state index contributed by atoms with van der Waals surface area (Å²) >= 11 is 0. The fourth-order valence-corrected chi connectivity index (χ4v) is 4.24. The van der Waals surface area contributed by atoms with Gasteiger partial charge in [0.15, 0.2) is 5.69 Å². The molecular weight excluding hydrogens is 388 g/mol. The summed E-state index contributed by atoms with van der Waals surface area (Å²) in [5.74, 6) is 0.780. The molecule has 1 amide bonds. The Morgan fingerprint density at radius 2 is 1.90 bits per heavy atom. The lowest BCUT2D eigenvalue weighted by Gasteiger charge is -2.30. The summed E-state index contributed by atoms with van der Waals surface area (Å²) in [4.78, 5) is 21.2. The molecule has 1 aliphatic rings. The molecule has 0 spiro atoms. The second-order valence-corrected chi connectivity index (χ2v) is 8.21. The average molecular weight is 413 g/mol. The molecule has 0 atom stereocenters. The van der Waals surface area contributed by atoms with Crippen molar-refractivity contribution in [2.45, 2.75) is 52.0 Å². The van der Waals surface area contributed by atoms with E-state index in [0.29, 0.717) is 22.9 Å². The molecule has 0 radical (unpaired) electrons. The summed E-state index contributed by atoms with van der Waals surface area (Å²) in [6, 6.07) is 5.08. The van der Waals surface area contributed by atoms with Gasteiger partial charge in [0.1, 0.15) is 5.52 Å². The fraction of sp³-hybridized carbons (Fsp3) is 0.455. The van der Waals surface area contributed by atoms with E-state index in [1.807, 2.05) is 0 Å². The second-order valence-electron chi connectivity index (χ2n) is 8.21. The number of nitrogens with one attached hydrogen (secondary N) is 1. The fourth-order valence-electron chi connectivity index (χ4n) is 4.24. The molecule has 4 rings (SSSR count). The number of anilines is 1. The third-order valence-electron chi connectivity index (χ3n) is 6.01. The third-order valence-corrected chi connectivity index (χ3v) is 6.01. The van der Waals surface area contributed by atoms with Gasteiger partial charge in [-0.05, 0) is 55.7 Å². The number of nitrogens with zero attached hydrogens (tertiary/aromatic N) is 4. The first-order chi connectivity index (χ1) is 14.4. The first-order valence-electron chi connectivity index (χ1n) is 10.3. The maximum absolute atomic E-state index is 13.6. The van der Waals surface area contributed by atoms with E-state index in [9.17, 15) is 13.6 Å². The highest BCUT2D eigenvalue weighted by atomic mass is 19.3. The standard InChI is InChI=1S/C22H25F2N5O/c1-13(2)14-5-7-15(8-6-14)29-12-18(20(28-29)21(23)24)27-22(30)16-9-11-25-17-4-3-10-26-19(16)17/h3-4,9-15,21H,5-8H2,1-2H3,(H,27,30). The van der Waals surface area contributed by atoms with E-state index in [-0.39, 0.29) is 17.3 Å². The van der Waals surface area contributed by atoms with Crippen molar-refractivity contribution < 1.29 is 13.6 Å². The first kappa shape index (κ1) is 20.4. The van der Waals surface area contributed by atoms with E-state index >= 15 is 0 Å². The maximum Gasteiger partial charge on any atom is 0.284 e. The van der Waals surface area contributed by atoms with E-state index in [2.05, 4.69) is 34.2 Å². The molecule has 30 heavy (non-hydrogen) atoms. The lowest BCUT2D eigenvalue weighted by Crippen LogP contribution is -2.21. The van der Waals surface area contributed by atoms with Gasteiger partial charge in [-0.1, -0.05) is 13.8 Å². The van der Waals surface area contributed by atoms with Gasteiger partial charge in [-0.2, -0.15) is 5.10 Å². The highest BCUT2D eigenvalue weighted by Crippen LogP contribution is 2.37.